The number of nitro groups is 1. The third-order valence-electron chi connectivity index (χ3n) is 4.36. The average molecular weight is 397 g/mol. The molecular weight excluding hydrogens is 384 g/mol. The van der Waals surface area contributed by atoms with Crippen LogP contribution in [0.15, 0.2) is 59.4 Å². The zero-order valence-corrected chi connectivity index (χ0v) is 15.1. The lowest BCUT2D eigenvalue weighted by atomic mass is 10.1. The Bertz CT molecular complexity index is 1240. The van der Waals surface area contributed by atoms with E-state index in [-0.39, 0.29) is 17.9 Å². The van der Waals surface area contributed by atoms with Crippen molar-refractivity contribution in [3.8, 4) is 22.4 Å². The molecule has 140 valence electrons. The van der Waals surface area contributed by atoms with Crippen LogP contribution in [0, 0.1) is 10.1 Å². The molecule has 0 unspecified atom stereocenters. The monoisotopic (exact) mass is 396 g/mol. The topological polar surface area (TPSA) is 114 Å². The van der Waals surface area contributed by atoms with Crippen LogP contribution in [0.4, 0.5) is 5.69 Å². The first-order chi connectivity index (χ1) is 13.5. The number of nitrogens with zero attached hydrogens (tertiary/aromatic N) is 3. The van der Waals surface area contributed by atoms with Gasteiger partial charge in [-0.05, 0) is 29.8 Å². The first kappa shape index (κ1) is 17.9. The van der Waals surface area contributed by atoms with Gasteiger partial charge in [0, 0.05) is 34.3 Å². The predicted molar refractivity (Wildman–Crippen MR) is 104 cm³/mol. The summed E-state index contributed by atoms with van der Waals surface area (Å²) in [5, 5.41) is 24.0. The molecule has 0 radical (unpaired) electrons. The Morgan fingerprint density at radius 3 is 2.36 bits per heavy atom. The van der Waals surface area contributed by atoms with Crippen LogP contribution in [-0.2, 0) is 6.61 Å². The van der Waals surface area contributed by atoms with Crippen LogP contribution < -0.4 is 5.56 Å². The molecule has 0 spiro atoms. The number of nitrogens with one attached hydrogen (secondary N) is 1. The minimum atomic E-state index is -0.492. The largest absolute Gasteiger partial charge is 0.390 e. The third-order valence-corrected chi connectivity index (χ3v) is 4.61. The molecule has 0 aliphatic heterocycles. The number of H-pyrrole nitrogens is 1. The molecule has 0 fully saturated rings. The van der Waals surface area contributed by atoms with Crippen LogP contribution in [0.25, 0.3) is 28.0 Å². The molecule has 9 heteroatoms. The molecule has 28 heavy (non-hydrogen) atoms. The summed E-state index contributed by atoms with van der Waals surface area (Å²) in [4.78, 5) is 27.5. The van der Waals surface area contributed by atoms with Crippen LogP contribution in [0.5, 0.6) is 0 Å². The molecular formula is C19H13ClN4O4. The van der Waals surface area contributed by atoms with Gasteiger partial charge in [-0.15, -0.1) is 0 Å². The molecule has 2 N–H and O–H groups in total. The van der Waals surface area contributed by atoms with Crippen molar-refractivity contribution in [3.63, 3.8) is 0 Å². The minimum absolute atomic E-state index is 0.0485. The Hall–Kier alpha value is -3.49. The van der Waals surface area contributed by atoms with Gasteiger partial charge in [-0.3, -0.25) is 20.0 Å². The first-order valence-electron chi connectivity index (χ1n) is 8.24. The van der Waals surface area contributed by atoms with Crippen molar-refractivity contribution in [2.45, 2.75) is 6.61 Å². The zero-order chi connectivity index (χ0) is 19.8. The van der Waals surface area contributed by atoms with E-state index < -0.39 is 4.92 Å². The van der Waals surface area contributed by atoms with Gasteiger partial charge in [-0.2, -0.15) is 0 Å². The van der Waals surface area contributed by atoms with Gasteiger partial charge in [-0.1, -0.05) is 23.7 Å². The maximum atomic E-state index is 12.6. The van der Waals surface area contributed by atoms with E-state index in [0.717, 1.165) is 5.56 Å². The Balaban J connectivity index is 1.94. The lowest BCUT2D eigenvalue weighted by molar-refractivity contribution is -0.384. The molecule has 0 bridgehead atoms. The van der Waals surface area contributed by atoms with Crippen molar-refractivity contribution in [2.75, 3.05) is 0 Å². The number of aromatic nitrogens is 3. The highest BCUT2D eigenvalue weighted by Crippen LogP contribution is 2.29. The predicted octanol–water partition coefficient (Wildman–Crippen LogP) is 3.41. The summed E-state index contributed by atoms with van der Waals surface area (Å²) in [6.45, 7) is -0.312. The Kier molecular flexibility index (Phi) is 4.42. The second-order valence-corrected chi connectivity index (χ2v) is 6.51. The fraction of sp³-hybridized carbons (Fsp3) is 0.0526. The fourth-order valence-electron chi connectivity index (χ4n) is 3.02. The number of aliphatic hydroxyl groups excluding tert-OH is 1. The number of fused-ring (bicyclic) bond motifs is 1. The summed E-state index contributed by atoms with van der Waals surface area (Å²) in [5.41, 5.74) is 2.62. The van der Waals surface area contributed by atoms with Gasteiger partial charge in [0.15, 0.2) is 5.65 Å². The SMILES string of the molecule is O=c1cc(-c2ccc([N+](=O)[O-])cc2)nc2c(-c3ccc(Cl)cc3)c(CO)[nH]n12. The van der Waals surface area contributed by atoms with Crippen molar-refractivity contribution < 1.29 is 10.0 Å². The Morgan fingerprint density at radius 2 is 1.75 bits per heavy atom. The summed E-state index contributed by atoms with van der Waals surface area (Å²) < 4.78 is 1.25. The van der Waals surface area contributed by atoms with Gasteiger partial charge >= 0.3 is 0 Å². The maximum Gasteiger partial charge on any atom is 0.273 e. The molecule has 0 saturated carbocycles. The van der Waals surface area contributed by atoms with E-state index in [1.165, 1.54) is 34.8 Å². The number of halogens is 1. The molecule has 0 aliphatic rings. The molecule has 4 aromatic rings. The van der Waals surface area contributed by atoms with Crippen LogP contribution in [0.2, 0.25) is 5.02 Å². The van der Waals surface area contributed by atoms with E-state index in [2.05, 4.69) is 10.1 Å². The summed E-state index contributed by atoms with van der Waals surface area (Å²) in [6, 6.07) is 14.1. The van der Waals surface area contributed by atoms with Gasteiger partial charge in [0.05, 0.1) is 22.9 Å². The summed E-state index contributed by atoms with van der Waals surface area (Å²) in [7, 11) is 0. The van der Waals surface area contributed by atoms with Gasteiger partial charge in [0.25, 0.3) is 11.2 Å². The standard InChI is InChI=1S/C19H13ClN4O4/c20-13-5-1-12(2-6-13)18-16(10-25)22-23-17(26)9-15(21-19(18)23)11-3-7-14(8-4-11)24(27)28/h1-9,22,25H,10H2. The van der Waals surface area contributed by atoms with Gasteiger partial charge in [0.2, 0.25) is 0 Å². The van der Waals surface area contributed by atoms with Gasteiger partial charge in [-0.25, -0.2) is 9.50 Å². The van der Waals surface area contributed by atoms with Crippen molar-refractivity contribution >= 4 is 22.9 Å². The number of hydrogen-bond donors (Lipinski definition) is 2. The van der Waals surface area contributed by atoms with E-state index in [1.807, 2.05) is 0 Å². The van der Waals surface area contributed by atoms with E-state index in [9.17, 15) is 20.0 Å². The van der Waals surface area contributed by atoms with Crippen LogP contribution >= 0.6 is 11.6 Å². The number of aliphatic hydroxyl groups is 1. The smallest absolute Gasteiger partial charge is 0.273 e. The average Bonchev–Trinajstić information content (AvgIpc) is 3.08. The van der Waals surface area contributed by atoms with E-state index >= 15 is 0 Å². The van der Waals surface area contributed by atoms with E-state index in [4.69, 9.17) is 11.6 Å². The van der Waals surface area contributed by atoms with Crippen LogP contribution in [0.3, 0.4) is 0 Å². The van der Waals surface area contributed by atoms with Crippen molar-refractivity contribution in [1.82, 2.24) is 14.6 Å². The van der Waals surface area contributed by atoms with E-state index in [1.54, 1.807) is 24.3 Å². The van der Waals surface area contributed by atoms with E-state index in [0.29, 0.717) is 33.2 Å². The van der Waals surface area contributed by atoms with Crippen molar-refractivity contribution in [3.05, 3.63) is 85.8 Å². The number of benzene rings is 2. The maximum absolute atomic E-state index is 12.6. The third kappa shape index (κ3) is 3.04. The van der Waals surface area contributed by atoms with Crippen molar-refractivity contribution in [1.29, 1.82) is 0 Å². The molecule has 0 amide bonds. The number of rotatable bonds is 4. The molecule has 4 rings (SSSR count). The Morgan fingerprint density at radius 1 is 1.11 bits per heavy atom. The number of non-ortho nitro benzene ring substituents is 1. The van der Waals surface area contributed by atoms with Gasteiger partial charge in [0.1, 0.15) is 0 Å². The fourth-order valence-corrected chi connectivity index (χ4v) is 3.15. The highest BCUT2D eigenvalue weighted by atomic mass is 35.5. The highest BCUT2D eigenvalue weighted by Gasteiger charge is 2.17. The molecule has 8 nitrogen and oxygen atoms in total. The summed E-state index contributed by atoms with van der Waals surface area (Å²) in [5.74, 6) is 0. The second-order valence-electron chi connectivity index (χ2n) is 6.07. The number of aromatic amines is 1. The quantitative estimate of drug-likeness (QED) is 0.405. The molecule has 0 atom stereocenters. The summed E-state index contributed by atoms with van der Waals surface area (Å²) in [6.07, 6.45) is 0. The van der Waals surface area contributed by atoms with Gasteiger partial charge < -0.3 is 5.11 Å². The first-order valence-corrected chi connectivity index (χ1v) is 8.62. The summed E-state index contributed by atoms with van der Waals surface area (Å²) >= 11 is 5.95. The molecule has 0 saturated heterocycles. The van der Waals surface area contributed by atoms with Crippen molar-refractivity contribution in [2.24, 2.45) is 0 Å². The lowest BCUT2D eigenvalue weighted by Gasteiger charge is -2.04. The number of nitro benzene ring substituents is 1. The normalized spacial score (nSPS) is 11.1. The second kappa shape index (κ2) is 6.91. The minimum Gasteiger partial charge on any atom is -0.390 e. The molecule has 2 aromatic carbocycles. The Labute approximate surface area is 162 Å². The van der Waals surface area contributed by atoms with Crippen LogP contribution in [0.1, 0.15) is 5.69 Å². The highest BCUT2D eigenvalue weighted by molar-refractivity contribution is 6.30. The zero-order valence-electron chi connectivity index (χ0n) is 14.3. The molecule has 2 aromatic heterocycles. The molecule has 0 aliphatic carbocycles. The molecule has 2 heterocycles. The van der Waals surface area contributed by atoms with Crippen LogP contribution in [-0.4, -0.2) is 24.6 Å². The lowest BCUT2D eigenvalue weighted by Crippen LogP contribution is -2.14. The number of hydrogen-bond acceptors (Lipinski definition) is 5.